The quantitative estimate of drug-likeness (QED) is 0.141. The number of methoxy groups -OCH3 is 1. The van der Waals surface area contributed by atoms with E-state index in [4.69, 9.17) is 14.2 Å². The molecule has 1 saturated heterocycles. The second-order valence-corrected chi connectivity index (χ2v) is 7.88. The van der Waals surface area contributed by atoms with Crippen LogP contribution in [0.5, 0.6) is 11.5 Å². The molecule has 2 aromatic carbocycles. The molecule has 1 aliphatic rings. The highest BCUT2D eigenvalue weighted by atomic mass is 16.5. The van der Waals surface area contributed by atoms with Gasteiger partial charge < -0.3 is 24.2 Å². The van der Waals surface area contributed by atoms with E-state index >= 15 is 0 Å². The van der Waals surface area contributed by atoms with Crippen molar-refractivity contribution in [2.24, 2.45) is 0 Å². The first-order chi connectivity index (χ1) is 16.4. The van der Waals surface area contributed by atoms with Gasteiger partial charge in [-0.05, 0) is 42.7 Å². The smallest absolute Gasteiger partial charge is 0.308 e. The molecular formula is C26H29NO7. The Labute approximate surface area is 198 Å². The lowest BCUT2D eigenvalue weighted by atomic mass is 9.95. The van der Waals surface area contributed by atoms with Gasteiger partial charge in [0, 0.05) is 32.7 Å². The first kappa shape index (κ1) is 25.0. The number of aliphatic hydroxyl groups excluding tert-OH is 1. The maximum atomic E-state index is 13.1. The standard InChI is InChI=1S/C26H29NO7/c1-4-13-33-20-10-6-9-19(16-20)24(29)22-23(18-8-5-11-21(15-18)34-17(2)28)27(12-7-14-32-3)26(31)25(22)30/h5-6,8-11,15-16,23,29H,4,7,12-14H2,1-3H3/b24-22-. The largest absolute Gasteiger partial charge is 0.507 e. The molecule has 2 aromatic rings. The summed E-state index contributed by atoms with van der Waals surface area (Å²) < 4.78 is 15.9. The van der Waals surface area contributed by atoms with Crippen molar-refractivity contribution in [1.82, 2.24) is 4.90 Å². The molecular weight excluding hydrogens is 438 g/mol. The highest BCUT2D eigenvalue weighted by Gasteiger charge is 2.45. The van der Waals surface area contributed by atoms with Crippen molar-refractivity contribution < 1.29 is 33.7 Å². The summed E-state index contributed by atoms with van der Waals surface area (Å²) in [5.74, 6) is -1.44. The molecule has 8 heteroatoms. The number of hydrogen-bond donors (Lipinski definition) is 1. The van der Waals surface area contributed by atoms with E-state index in [1.54, 1.807) is 55.6 Å². The van der Waals surface area contributed by atoms with Crippen LogP contribution in [0.15, 0.2) is 54.1 Å². The fourth-order valence-corrected chi connectivity index (χ4v) is 3.86. The van der Waals surface area contributed by atoms with E-state index in [0.717, 1.165) is 6.42 Å². The average Bonchev–Trinajstić information content (AvgIpc) is 3.07. The van der Waals surface area contributed by atoms with E-state index < -0.39 is 23.7 Å². The zero-order chi connectivity index (χ0) is 24.7. The fourth-order valence-electron chi connectivity index (χ4n) is 3.86. The number of hydrogen-bond acceptors (Lipinski definition) is 7. The Balaban J connectivity index is 2.10. The number of benzene rings is 2. The summed E-state index contributed by atoms with van der Waals surface area (Å²) in [6.07, 6.45) is 1.32. The van der Waals surface area contributed by atoms with Crippen LogP contribution in [0.1, 0.15) is 43.9 Å². The van der Waals surface area contributed by atoms with Crippen LogP contribution in [0, 0.1) is 0 Å². The number of ketones is 1. The number of amides is 1. The van der Waals surface area contributed by atoms with Gasteiger partial charge in [0.15, 0.2) is 0 Å². The number of aliphatic hydroxyl groups is 1. The molecule has 1 heterocycles. The number of carbonyl (C=O) groups is 3. The maximum Gasteiger partial charge on any atom is 0.308 e. The van der Waals surface area contributed by atoms with Gasteiger partial charge in [-0.2, -0.15) is 0 Å². The van der Waals surface area contributed by atoms with Gasteiger partial charge in [0.25, 0.3) is 11.7 Å². The summed E-state index contributed by atoms with van der Waals surface area (Å²) in [5.41, 5.74) is 0.870. The van der Waals surface area contributed by atoms with Crippen molar-refractivity contribution in [2.75, 3.05) is 26.9 Å². The van der Waals surface area contributed by atoms with E-state index in [1.807, 2.05) is 6.92 Å². The van der Waals surface area contributed by atoms with Gasteiger partial charge in [-0.15, -0.1) is 0 Å². The predicted molar refractivity (Wildman–Crippen MR) is 125 cm³/mol. The molecule has 1 fully saturated rings. The summed E-state index contributed by atoms with van der Waals surface area (Å²) in [7, 11) is 1.56. The Kier molecular flexibility index (Phi) is 8.43. The van der Waals surface area contributed by atoms with Crippen LogP contribution in [0.3, 0.4) is 0 Å². The van der Waals surface area contributed by atoms with Crippen LogP contribution in [-0.4, -0.2) is 54.5 Å². The number of nitrogens with zero attached hydrogens (tertiary/aromatic N) is 1. The number of carbonyl (C=O) groups excluding carboxylic acids is 3. The van der Waals surface area contributed by atoms with Crippen molar-refractivity contribution in [3.63, 3.8) is 0 Å². The molecule has 0 aliphatic carbocycles. The van der Waals surface area contributed by atoms with Crippen LogP contribution in [0.25, 0.3) is 5.76 Å². The zero-order valence-electron chi connectivity index (χ0n) is 19.6. The average molecular weight is 468 g/mol. The van der Waals surface area contributed by atoms with Gasteiger partial charge >= 0.3 is 5.97 Å². The third kappa shape index (κ3) is 5.63. The summed E-state index contributed by atoms with van der Waals surface area (Å²) in [5, 5.41) is 11.2. The lowest BCUT2D eigenvalue weighted by molar-refractivity contribution is -0.140. The second kappa shape index (κ2) is 11.5. The van der Waals surface area contributed by atoms with Gasteiger partial charge in [0.05, 0.1) is 18.2 Å². The summed E-state index contributed by atoms with van der Waals surface area (Å²) >= 11 is 0. The lowest BCUT2D eigenvalue weighted by Crippen LogP contribution is -2.31. The van der Waals surface area contributed by atoms with Crippen LogP contribution in [0.4, 0.5) is 0 Å². The van der Waals surface area contributed by atoms with Gasteiger partial charge in [0.1, 0.15) is 17.3 Å². The number of rotatable bonds is 10. The van der Waals surface area contributed by atoms with E-state index in [-0.39, 0.29) is 23.6 Å². The Bertz CT molecular complexity index is 1090. The Morgan fingerprint density at radius 3 is 2.50 bits per heavy atom. The summed E-state index contributed by atoms with van der Waals surface area (Å²) in [6, 6.07) is 12.5. The van der Waals surface area contributed by atoms with Crippen molar-refractivity contribution in [1.29, 1.82) is 0 Å². The molecule has 8 nitrogen and oxygen atoms in total. The third-order valence-corrected chi connectivity index (χ3v) is 5.30. The van der Waals surface area contributed by atoms with Crippen LogP contribution >= 0.6 is 0 Å². The Morgan fingerprint density at radius 1 is 1.06 bits per heavy atom. The number of esters is 1. The SMILES string of the molecule is CCCOc1cccc(/C(O)=C2/C(=O)C(=O)N(CCCOC)C2c2cccc(OC(C)=O)c2)c1. The maximum absolute atomic E-state index is 13.1. The van der Waals surface area contributed by atoms with Crippen molar-refractivity contribution in [3.8, 4) is 11.5 Å². The minimum atomic E-state index is -0.854. The molecule has 0 bridgehead atoms. The topological polar surface area (TPSA) is 102 Å². The van der Waals surface area contributed by atoms with Crippen molar-refractivity contribution >= 4 is 23.4 Å². The molecule has 3 rings (SSSR count). The first-order valence-electron chi connectivity index (χ1n) is 11.2. The number of Topliss-reactive ketones (excluding diaryl/α,β-unsaturated/α-hetero) is 1. The van der Waals surface area contributed by atoms with Crippen molar-refractivity contribution in [2.45, 2.75) is 32.7 Å². The molecule has 0 aromatic heterocycles. The van der Waals surface area contributed by atoms with Gasteiger partial charge in [-0.1, -0.05) is 31.2 Å². The Hall–Kier alpha value is -3.65. The molecule has 1 atom stereocenters. The zero-order valence-corrected chi connectivity index (χ0v) is 19.6. The fraction of sp³-hybridized carbons (Fsp3) is 0.346. The Morgan fingerprint density at radius 2 is 1.79 bits per heavy atom. The summed E-state index contributed by atoms with van der Waals surface area (Å²) in [4.78, 5) is 38.9. The van der Waals surface area contributed by atoms with E-state index in [1.165, 1.54) is 11.8 Å². The minimum Gasteiger partial charge on any atom is -0.507 e. The number of likely N-dealkylation sites (tertiary alicyclic amines) is 1. The van der Waals surface area contributed by atoms with E-state index in [0.29, 0.717) is 36.5 Å². The molecule has 180 valence electrons. The minimum absolute atomic E-state index is 0.0324. The highest BCUT2D eigenvalue weighted by molar-refractivity contribution is 6.46. The predicted octanol–water partition coefficient (Wildman–Crippen LogP) is 3.86. The van der Waals surface area contributed by atoms with E-state index in [9.17, 15) is 19.5 Å². The monoisotopic (exact) mass is 467 g/mol. The van der Waals surface area contributed by atoms with Crippen LogP contribution in [0.2, 0.25) is 0 Å². The van der Waals surface area contributed by atoms with Crippen molar-refractivity contribution in [3.05, 3.63) is 65.2 Å². The van der Waals surface area contributed by atoms with Gasteiger partial charge in [0.2, 0.25) is 0 Å². The first-order valence-corrected chi connectivity index (χ1v) is 11.2. The van der Waals surface area contributed by atoms with Gasteiger partial charge in [-0.25, -0.2) is 0 Å². The highest BCUT2D eigenvalue weighted by Crippen LogP contribution is 2.40. The second-order valence-electron chi connectivity index (χ2n) is 7.88. The van der Waals surface area contributed by atoms with Crippen LogP contribution < -0.4 is 9.47 Å². The molecule has 1 aliphatic heterocycles. The normalized spacial score (nSPS) is 17.1. The van der Waals surface area contributed by atoms with E-state index in [2.05, 4.69) is 0 Å². The molecule has 0 radical (unpaired) electrons. The molecule has 1 N–H and O–H groups in total. The van der Waals surface area contributed by atoms with Crippen LogP contribution in [-0.2, 0) is 19.1 Å². The third-order valence-electron chi connectivity index (χ3n) is 5.30. The molecule has 1 unspecified atom stereocenters. The molecule has 0 spiro atoms. The molecule has 0 saturated carbocycles. The molecule has 1 amide bonds. The molecule has 34 heavy (non-hydrogen) atoms. The number of ether oxygens (including phenoxy) is 3. The lowest BCUT2D eigenvalue weighted by Gasteiger charge is -2.25. The summed E-state index contributed by atoms with van der Waals surface area (Å²) in [6.45, 7) is 4.43. The van der Waals surface area contributed by atoms with Gasteiger partial charge in [-0.3, -0.25) is 14.4 Å².